The third kappa shape index (κ3) is 2.99. The number of nitrogens with one attached hydrogen (secondary N) is 1. The smallest absolute Gasteiger partial charge is 0.236 e. The van der Waals surface area contributed by atoms with Crippen LogP contribution in [0.5, 0.6) is 0 Å². The second-order valence-corrected chi connectivity index (χ2v) is 4.24. The number of halogens is 1. The van der Waals surface area contributed by atoms with Crippen LogP contribution in [0, 0.1) is 0 Å². The molecule has 1 unspecified atom stereocenters. The lowest BCUT2D eigenvalue weighted by Crippen LogP contribution is -2.37. The lowest BCUT2D eigenvalue weighted by atomic mass is 10.3. The van der Waals surface area contributed by atoms with Gasteiger partial charge in [-0.25, -0.2) is 0 Å². The predicted molar refractivity (Wildman–Crippen MR) is 54.8 cm³/mol. The third-order valence-electron chi connectivity index (χ3n) is 1.56. The van der Waals surface area contributed by atoms with Crippen LogP contribution in [0.25, 0.3) is 0 Å². The van der Waals surface area contributed by atoms with E-state index in [4.69, 9.17) is 17.3 Å². The van der Waals surface area contributed by atoms with Gasteiger partial charge in [-0.1, -0.05) is 11.6 Å². The topological polar surface area (TPSA) is 55.1 Å². The van der Waals surface area contributed by atoms with Crippen LogP contribution in [0.2, 0.25) is 4.34 Å². The predicted octanol–water partition coefficient (Wildman–Crippen LogP) is 1.36. The van der Waals surface area contributed by atoms with Gasteiger partial charge >= 0.3 is 0 Å². The van der Waals surface area contributed by atoms with E-state index in [-0.39, 0.29) is 5.91 Å². The van der Waals surface area contributed by atoms with Gasteiger partial charge in [-0.2, -0.15) is 0 Å². The lowest BCUT2D eigenvalue weighted by Gasteiger charge is -2.06. The Balaban J connectivity index is 2.44. The summed E-state index contributed by atoms with van der Waals surface area (Å²) < 4.78 is 0.713. The molecule has 0 aliphatic rings. The Morgan fingerprint density at radius 1 is 1.85 bits per heavy atom. The van der Waals surface area contributed by atoms with Gasteiger partial charge in [-0.05, 0) is 18.4 Å². The Labute approximate surface area is 85.9 Å². The number of hydrogen-bond acceptors (Lipinski definition) is 3. The molecule has 1 atom stereocenters. The first-order chi connectivity index (χ1) is 6.11. The number of amides is 1. The summed E-state index contributed by atoms with van der Waals surface area (Å²) in [6.07, 6.45) is 0. The molecule has 13 heavy (non-hydrogen) atoms. The second kappa shape index (κ2) is 4.60. The van der Waals surface area contributed by atoms with Gasteiger partial charge < -0.3 is 11.1 Å². The molecule has 1 rings (SSSR count). The Morgan fingerprint density at radius 3 is 3.00 bits per heavy atom. The first-order valence-corrected chi connectivity index (χ1v) is 5.12. The van der Waals surface area contributed by atoms with Crippen molar-refractivity contribution in [3.8, 4) is 0 Å². The fourth-order valence-corrected chi connectivity index (χ4v) is 1.72. The van der Waals surface area contributed by atoms with Gasteiger partial charge in [0.15, 0.2) is 0 Å². The van der Waals surface area contributed by atoms with Crippen LogP contribution in [-0.4, -0.2) is 11.9 Å². The minimum Gasteiger partial charge on any atom is -0.351 e. The van der Waals surface area contributed by atoms with Crippen molar-refractivity contribution in [1.29, 1.82) is 0 Å². The number of carbonyl (C=O) groups is 1. The summed E-state index contributed by atoms with van der Waals surface area (Å²) in [6.45, 7) is 2.09. The monoisotopic (exact) mass is 218 g/mol. The molecule has 0 saturated heterocycles. The van der Waals surface area contributed by atoms with E-state index in [1.807, 2.05) is 11.4 Å². The van der Waals surface area contributed by atoms with Gasteiger partial charge in [-0.15, -0.1) is 11.3 Å². The summed E-state index contributed by atoms with van der Waals surface area (Å²) in [5.74, 6) is -0.165. The van der Waals surface area contributed by atoms with Gasteiger partial charge in [-0.3, -0.25) is 4.79 Å². The molecule has 1 aromatic heterocycles. The fraction of sp³-hybridized carbons (Fsp3) is 0.375. The SMILES string of the molecule is CC(N)C(=O)NCc1ccsc1Cl. The maximum atomic E-state index is 11.1. The summed E-state index contributed by atoms with van der Waals surface area (Å²) in [6, 6.07) is 1.41. The lowest BCUT2D eigenvalue weighted by molar-refractivity contribution is -0.122. The quantitative estimate of drug-likeness (QED) is 0.805. The normalized spacial score (nSPS) is 12.5. The molecule has 0 saturated carbocycles. The highest BCUT2D eigenvalue weighted by Gasteiger charge is 2.07. The van der Waals surface area contributed by atoms with Crippen molar-refractivity contribution in [3.05, 3.63) is 21.3 Å². The number of hydrogen-bond donors (Lipinski definition) is 2. The Bertz CT molecular complexity index is 298. The number of rotatable bonds is 3. The third-order valence-corrected chi connectivity index (χ3v) is 2.81. The van der Waals surface area contributed by atoms with Crippen LogP contribution >= 0.6 is 22.9 Å². The average molecular weight is 219 g/mol. The van der Waals surface area contributed by atoms with Crippen molar-refractivity contribution in [1.82, 2.24) is 5.32 Å². The minimum absolute atomic E-state index is 0.165. The van der Waals surface area contributed by atoms with Crippen molar-refractivity contribution in [3.63, 3.8) is 0 Å². The molecular weight excluding hydrogens is 208 g/mol. The van der Waals surface area contributed by atoms with Crippen LogP contribution < -0.4 is 11.1 Å². The Hall–Kier alpha value is -0.580. The molecule has 0 aromatic carbocycles. The molecule has 0 radical (unpaired) electrons. The summed E-state index contributed by atoms with van der Waals surface area (Å²) in [4.78, 5) is 11.1. The highest BCUT2D eigenvalue weighted by molar-refractivity contribution is 7.14. The maximum absolute atomic E-state index is 11.1. The fourth-order valence-electron chi connectivity index (χ4n) is 0.789. The van der Waals surface area contributed by atoms with E-state index in [0.29, 0.717) is 10.9 Å². The van der Waals surface area contributed by atoms with Crippen molar-refractivity contribution < 1.29 is 4.79 Å². The van der Waals surface area contributed by atoms with Crippen LogP contribution in [0.3, 0.4) is 0 Å². The molecule has 3 N–H and O–H groups in total. The molecule has 3 nitrogen and oxygen atoms in total. The van der Waals surface area contributed by atoms with Gasteiger partial charge in [0.2, 0.25) is 5.91 Å². The van der Waals surface area contributed by atoms with Gasteiger partial charge in [0, 0.05) is 12.1 Å². The molecule has 0 bridgehead atoms. The molecule has 1 aromatic rings. The van der Waals surface area contributed by atoms with Crippen molar-refractivity contribution >= 4 is 28.8 Å². The number of nitrogens with two attached hydrogens (primary N) is 1. The molecule has 72 valence electrons. The van der Waals surface area contributed by atoms with E-state index >= 15 is 0 Å². The maximum Gasteiger partial charge on any atom is 0.236 e. The summed E-state index contributed by atoms with van der Waals surface area (Å²) >= 11 is 7.29. The van der Waals surface area contributed by atoms with Crippen LogP contribution in [-0.2, 0) is 11.3 Å². The van der Waals surface area contributed by atoms with E-state index in [1.54, 1.807) is 6.92 Å². The zero-order chi connectivity index (χ0) is 9.84. The van der Waals surface area contributed by atoms with E-state index in [2.05, 4.69) is 5.32 Å². The van der Waals surface area contributed by atoms with E-state index < -0.39 is 6.04 Å². The van der Waals surface area contributed by atoms with Crippen LogP contribution in [0.1, 0.15) is 12.5 Å². The molecule has 1 heterocycles. The summed E-state index contributed by atoms with van der Waals surface area (Å²) in [5.41, 5.74) is 6.30. The van der Waals surface area contributed by atoms with Crippen molar-refractivity contribution in [2.24, 2.45) is 5.73 Å². The van der Waals surface area contributed by atoms with Gasteiger partial charge in [0.1, 0.15) is 0 Å². The van der Waals surface area contributed by atoms with E-state index in [1.165, 1.54) is 11.3 Å². The Kier molecular flexibility index (Phi) is 3.71. The minimum atomic E-state index is -0.475. The van der Waals surface area contributed by atoms with Crippen molar-refractivity contribution in [2.75, 3.05) is 0 Å². The molecule has 1 amide bonds. The average Bonchev–Trinajstić information content (AvgIpc) is 2.47. The highest BCUT2D eigenvalue weighted by atomic mass is 35.5. The second-order valence-electron chi connectivity index (χ2n) is 2.73. The largest absolute Gasteiger partial charge is 0.351 e. The van der Waals surface area contributed by atoms with E-state index in [9.17, 15) is 4.79 Å². The van der Waals surface area contributed by atoms with Gasteiger partial charge in [0.05, 0.1) is 10.4 Å². The molecular formula is C8H11ClN2OS. The molecule has 0 fully saturated rings. The summed E-state index contributed by atoms with van der Waals surface area (Å²) in [5, 5.41) is 4.57. The van der Waals surface area contributed by atoms with Crippen LogP contribution in [0.15, 0.2) is 11.4 Å². The zero-order valence-electron chi connectivity index (χ0n) is 7.21. The molecule has 0 aliphatic heterocycles. The van der Waals surface area contributed by atoms with Crippen LogP contribution in [0.4, 0.5) is 0 Å². The van der Waals surface area contributed by atoms with Gasteiger partial charge in [0.25, 0.3) is 0 Å². The number of carbonyl (C=O) groups excluding carboxylic acids is 1. The molecule has 0 aliphatic carbocycles. The van der Waals surface area contributed by atoms with Crippen molar-refractivity contribution in [2.45, 2.75) is 19.5 Å². The molecule has 0 spiro atoms. The van der Waals surface area contributed by atoms with E-state index in [0.717, 1.165) is 5.56 Å². The zero-order valence-corrected chi connectivity index (χ0v) is 8.78. The first kappa shape index (κ1) is 10.5. The Morgan fingerprint density at radius 2 is 2.54 bits per heavy atom. The number of thiophene rings is 1. The highest BCUT2D eigenvalue weighted by Crippen LogP contribution is 2.22. The summed E-state index contributed by atoms with van der Waals surface area (Å²) in [7, 11) is 0. The standard InChI is InChI=1S/C8H11ClN2OS/c1-5(10)8(12)11-4-6-2-3-13-7(6)9/h2-3,5H,4,10H2,1H3,(H,11,12). The molecule has 5 heteroatoms. The first-order valence-electron chi connectivity index (χ1n) is 3.86.